The number of furan rings is 2. The van der Waals surface area contributed by atoms with E-state index >= 15 is 0 Å². The average Bonchev–Trinajstić information content (AvgIpc) is 3.58. The van der Waals surface area contributed by atoms with Gasteiger partial charge in [-0.2, -0.15) is 0 Å². The third-order valence-corrected chi connectivity index (χ3v) is 5.96. The largest absolute Gasteiger partial charge is 0.494 e. The molecular formula is C26H19Cl2N3O5S. The molecule has 0 saturated heterocycles. The van der Waals surface area contributed by atoms with E-state index in [0.717, 1.165) is 0 Å². The Kier molecular flexibility index (Phi) is 8.29. The highest BCUT2D eigenvalue weighted by Crippen LogP contribution is 2.34. The van der Waals surface area contributed by atoms with Crippen molar-refractivity contribution in [1.29, 1.82) is 0 Å². The van der Waals surface area contributed by atoms with Gasteiger partial charge >= 0.3 is 0 Å². The van der Waals surface area contributed by atoms with E-state index in [1.54, 1.807) is 60.7 Å². The molecule has 0 aliphatic carbocycles. The maximum atomic E-state index is 12.3. The number of amides is 2. The Bertz CT molecular complexity index is 1480. The van der Waals surface area contributed by atoms with Crippen LogP contribution in [-0.4, -0.2) is 24.0 Å². The molecular weight excluding hydrogens is 537 g/mol. The molecule has 0 radical (unpaired) electrons. The van der Waals surface area contributed by atoms with Crippen molar-refractivity contribution < 1.29 is 23.2 Å². The lowest BCUT2D eigenvalue weighted by Gasteiger charge is -2.13. The van der Waals surface area contributed by atoms with Gasteiger partial charge in [0.15, 0.2) is 10.9 Å². The number of methoxy groups -OCH3 is 1. The molecule has 3 N–H and O–H groups in total. The Morgan fingerprint density at radius 2 is 1.86 bits per heavy atom. The fourth-order valence-corrected chi connectivity index (χ4v) is 3.83. The molecule has 37 heavy (non-hydrogen) atoms. The molecule has 0 saturated carbocycles. The number of benzene rings is 2. The van der Waals surface area contributed by atoms with Crippen molar-refractivity contribution in [3.8, 4) is 17.1 Å². The molecule has 2 heterocycles. The van der Waals surface area contributed by atoms with Crippen molar-refractivity contribution in [3.63, 3.8) is 0 Å². The number of rotatable bonds is 7. The summed E-state index contributed by atoms with van der Waals surface area (Å²) in [6, 6.07) is 16.8. The molecule has 0 atom stereocenters. The van der Waals surface area contributed by atoms with Crippen molar-refractivity contribution in [2.45, 2.75) is 0 Å². The summed E-state index contributed by atoms with van der Waals surface area (Å²) in [4.78, 5) is 24.5. The maximum Gasteiger partial charge on any atom is 0.291 e. The van der Waals surface area contributed by atoms with Gasteiger partial charge in [-0.1, -0.05) is 29.3 Å². The van der Waals surface area contributed by atoms with Crippen LogP contribution >= 0.6 is 35.4 Å². The van der Waals surface area contributed by atoms with Crippen LogP contribution in [0.4, 0.5) is 11.4 Å². The minimum absolute atomic E-state index is 0.0647. The van der Waals surface area contributed by atoms with Crippen LogP contribution in [0.1, 0.15) is 16.3 Å². The minimum Gasteiger partial charge on any atom is -0.494 e. The zero-order chi connectivity index (χ0) is 26.4. The minimum atomic E-state index is -0.467. The molecule has 11 heteroatoms. The van der Waals surface area contributed by atoms with E-state index in [1.807, 2.05) is 0 Å². The van der Waals surface area contributed by atoms with Crippen LogP contribution in [0.2, 0.25) is 10.0 Å². The first-order valence-electron chi connectivity index (χ1n) is 10.7. The molecule has 4 aromatic rings. The number of hydrogen-bond donors (Lipinski definition) is 3. The smallest absolute Gasteiger partial charge is 0.291 e. The first kappa shape index (κ1) is 26.0. The zero-order valence-corrected chi connectivity index (χ0v) is 21.5. The van der Waals surface area contributed by atoms with Gasteiger partial charge < -0.3 is 24.2 Å². The molecule has 8 nitrogen and oxygen atoms in total. The standard InChI is InChI=1S/C26H19Cl2N3O5S/c1-34-22-14-15(7-10-19(22)30-25(33)21-6-3-13-35-21)29-26(37)31-23(32)12-9-16-8-11-20(36-16)17-4-2-5-18(27)24(17)28/h2-14H,1H3,(H,30,33)(H2,29,31,32,37). The van der Waals surface area contributed by atoms with E-state index in [4.69, 9.17) is 49.0 Å². The van der Waals surface area contributed by atoms with Gasteiger partial charge in [-0.05, 0) is 66.8 Å². The summed E-state index contributed by atoms with van der Waals surface area (Å²) in [6.07, 6.45) is 4.19. The van der Waals surface area contributed by atoms with Crippen LogP contribution in [0.3, 0.4) is 0 Å². The van der Waals surface area contributed by atoms with Crippen molar-refractivity contribution in [3.05, 3.63) is 94.6 Å². The molecule has 0 bridgehead atoms. The Hall–Kier alpha value is -4.05. The average molecular weight is 556 g/mol. The Labute approximate surface area is 227 Å². The second-order valence-corrected chi connectivity index (χ2v) is 8.62. The number of halogens is 2. The van der Waals surface area contributed by atoms with E-state index in [1.165, 1.54) is 25.5 Å². The number of nitrogens with one attached hydrogen (secondary N) is 3. The van der Waals surface area contributed by atoms with E-state index in [-0.39, 0.29) is 10.9 Å². The fourth-order valence-electron chi connectivity index (χ4n) is 3.22. The number of anilines is 2. The predicted molar refractivity (Wildman–Crippen MR) is 147 cm³/mol. The molecule has 0 aliphatic rings. The first-order chi connectivity index (χ1) is 17.8. The molecule has 0 aliphatic heterocycles. The Morgan fingerprint density at radius 1 is 1.03 bits per heavy atom. The molecule has 0 spiro atoms. The zero-order valence-electron chi connectivity index (χ0n) is 19.2. The van der Waals surface area contributed by atoms with Gasteiger partial charge in [0.25, 0.3) is 5.91 Å². The third-order valence-electron chi connectivity index (χ3n) is 4.93. The number of carbonyl (C=O) groups excluding carboxylic acids is 2. The molecule has 2 aromatic heterocycles. The Morgan fingerprint density at radius 3 is 2.62 bits per heavy atom. The third kappa shape index (κ3) is 6.59. The van der Waals surface area contributed by atoms with Crippen molar-refractivity contribution in [2.24, 2.45) is 0 Å². The molecule has 0 unspecified atom stereocenters. The molecule has 2 aromatic carbocycles. The van der Waals surface area contributed by atoms with Crippen molar-refractivity contribution in [1.82, 2.24) is 5.32 Å². The Balaban J connectivity index is 1.34. The normalized spacial score (nSPS) is 10.8. The lowest BCUT2D eigenvalue weighted by molar-refractivity contribution is -0.115. The summed E-state index contributed by atoms with van der Waals surface area (Å²) in [5, 5.41) is 9.01. The van der Waals surface area contributed by atoms with Gasteiger partial charge in [-0.15, -0.1) is 0 Å². The highest BCUT2D eigenvalue weighted by molar-refractivity contribution is 7.80. The van der Waals surface area contributed by atoms with E-state index in [2.05, 4.69) is 16.0 Å². The number of ether oxygens (including phenoxy) is 1. The van der Waals surface area contributed by atoms with Crippen LogP contribution in [0, 0.1) is 0 Å². The van der Waals surface area contributed by atoms with Gasteiger partial charge in [-0.3, -0.25) is 14.9 Å². The number of carbonyl (C=O) groups is 2. The summed E-state index contributed by atoms with van der Waals surface area (Å²) in [6.45, 7) is 0. The van der Waals surface area contributed by atoms with Gasteiger partial charge in [0, 0.05) is 23.4 Å². The quantitative estimate of drug-likeness (QED) is 0.173. The van der Waals surface area contributed by atoms with Gasteiger partial charge in [0.05, 0.1) is 29.1 Å². The van der Waals surface area contributed by atoms with Crippen molar-refractivity contribution in [2.75, 3.05) is 17.7 Å². The highest BCUT2D eigenvalue weighted by atomic mass is 35.5. The maximum absolute atomic E-state index is 12.3. The van der Waals surface area contributed by atoms with E-state index in [0.29, 0.717) is 44.3 Å². The summed E-state index contributed by atoms with van der Waals surface area (Å²) < 4.78 is 16.2. The predicted octanol–water partition coefficient (Wildman–Crippen LogP) is 6.63. The summed E-state index contributed by atoms with van der Waals surface area (Å²) in [5.41, 5.74) is 1.62. The monoisotopic (exact) mass is 555 g/mol. The first-order valence-corrected chi connectivity index (χ1v) is 11.9. The number of thiocarbonyl (C=S) groups is 1. The highest BCUT2D eigenvalue weighted by Gasteiger charge is 2.13. The van der Waals surface area contributed by atoms with Gasteiger partial charge in [0.2, 0.25) is 5.91 Å². The summed E-state index contributed by atoms with van der Waals surface area (Å²) >= 11 is 17.5. The molecule has 4 rings (SSSR count). The van der Waals surface area contributed by atoms with Crippen molar-refractivity contribution >= 4 is 69.8 Å². The van der Waals surface area contributed by atoms with Crippen LogP contribution < -0.4 is 20.7 Å². The van der Waals surface area contributed by atoms with Crippen LogP contribution in [-0.2, 0) is 4.79 Å². The van der Waals surface area contributed by atoms with E-state index < -0.39 is 11.8 Å². The van der Waals surface area contributed by atoms with Gasteiger partial charge in [0.1, 0.15) is 17.3 Å². The topological polar surface area (TPSA) is 106 Å². The van der Waals surface area contributed by atoms with Crippen LogP contribution in [0.15, 0.2) is 81.8 Å². The van der Waals surface area contributed by atoms with E-state index in [9.17, 15) is 9.59 Å². The van der Waals surface area contributed by atoms with Crippen LogP contribution in [0.25, 0.3) is 17.4 Å². The molecule has 188 valence electrons. The fraction of sp³-hybridized carbons (Fsp3) is 0.0385. The lowest BCUT2D eigenvalue weighted by Crippen LogP contribution is -2.32. The summed E-state index contributed by atoms with van der Waals surface area (Å²) in [7, 11) is 1.47. The van der Waals surface area contributed by atoms with Gasteiger partial charge in [-0.25, -0.2) is 0 Å². The van der Waals surface area contributed by atoms with Crippen LogP contribution in [0.5, 0.6) is 5.75 Å². The molecule has 0 fully saturated rings. The summed E-state index contributed by atoms with van der Waals surface area (Å²) in [5.74, 6) is 0.621. The second-order valence-electron chi connectivity index (χ2n) is 7.43. The number of hydrogen-bond acceptors (Lipinski definition) is 6. The molecule has 2 amide bonds. The lowest BCUT2D eigenvalue weighted by atomic mass is 10.2. The SMILES string of the molecule is COc1cc(NC(=S)NC(=O)C=Cc2ccc(-c3cccc(Cl)c3Cl)o2)ccc1NC(=O)c1ccco1. The second kappa shape index (κ2) is 11.8.